The number of hydrogen-bond donors (Lipinski definition) is 3. The number of nitrogens with one attached hydrogen (secondary N) is 2. The second-order valence-electron chi connectivity index (χ2n) is 8.14. The van der Waals surface area contributed by atoms with Crippen molar-refractivity contribution >= 4 is 40.1 Å². The van der Waals surface area contributed by atoms with Crippen molar-refractivity contribution < 1.29 is 19.1 Å². The number of ether oxygens (including phenoxy) is 1. The third-order valence-corrected chi connectivity index (χ3v) is 6.15. The highest BCUT2D eigenvalue weighted by Gasteiger charge is 2.24. The van der Waals surface area contributed by atoms with Crippen LogP contribution in [0.4, 0.5) is 0 Å². The molecule has 1 aliphatic carbocycles. The Morgan fingerprint density at radius 3 is 2.47 bits per heavy atom. The lowest BCUT2D eigenvalue weighted by Gasteiger charge is -2.30. The quantitative estimate of drug-likeness (QED) is 0.434. The molecular weight excluding hydrogens is 451 g/mol. The van der Waals surface area contributed by atoms with Gasteiger partial charge in [-0.3, -0.25) is 4.79 Å². The molecule has 1 aliphatic rings. The van der Waals surface area contributed by atoms with Gasteiger partial charge in [0, 0.05) is 34.1 Å². The van der Waals surface area contributed by atoms with Crippen LogP contribution in [0.25, 0.3) is 11.0 Å². The third kappa shape index (κ3) is 6.17. The molecule has 170 valence electrons. The zero-order chi connectivity index (χ0) is 22.5. The van der Waals surface area contributed by atoms with E-state index in [9.17, 15) is 9.90 Å². The number of hydrogen-bond acceptors (Lipinski definition) is 5. The molecular formula is C24H26Cl2N2O4. The van der Waals surface area contributed by atoms with Crippen molar-refractivity contribution in [1.29, 1.82) is 0 Å². The van der Waals surface area contributed by atoms with Gasteiger partial charge in [0.15, 0.2) is 5.76 Å². The molecule has 1 atom stereocenters. The van der Waals surface area contributed by atoms with Gasteiger partial charge >= 0.3 is 0 Å². The monoisotopic (exact) mass is 476 g/mol. The van der Waals surface area contributed by atoms with Crippen molar-refractivity contribution in [2.24, 2.45) is 0 Å². The summed E-state index contributed by atoms with van der Waals surface area (Å²) in [7, 11) is 0. The van der Waals surface area contributed by atoms with Crippen LogP contribution in [0.5, 0.6) is 5.75 Å². The molecule has 3 N–H and O–H groups in total. The van der Waals surface area contributed by atoms with Gasteiger partial charge in [-0.2, -0.15) is 0 Å². The zero-order valence-electron chi connectivity index (χ0n) is 17.5. The van der Waals surface area contributed by atoms with E-state index >= 15 is 0 Å². The molecule has 6 nitrogen and oxygen atoms in total. The summed E-state index contributed by atoms with van der Waals surface area (Å²) in [5, 5.41) is 18.7. The standard InChI is InChI=1S/C24H26Cl2N2O4/c25-16-1-8-21(9-2-16)31-14-20(29)13-27-18-4-6-19(7-5-18)28-24(30)23-12-15-11-17(26)3-10-22(15)32-23/h1-3,8-12,18-20,27,29H,4-7,13-14H2,(H,28,30). The van der Waals surface area contributed by atoms with Gasteiger partial charge in [-0.15, -0.1) is 0 Å². The maximum absolute atomic E-state index is 12.6. The fourth-order valence-electron chi connectivity index (χ4n) is 3.91. The molecule has 8 heteroatoms. The minimum absolute atomic E-state index is 0.107. The fourth-order valence-corrected chi connectivity index (χ4v) is 4.22. The van der Waals surface area contributed by atoms with E-state index in [2.05, 4.69) is 10.6 Å². The van der Waals surface area contributed by atoms with Gasteiger partial charge in [-0.1, -0.05) is 23.2 Å². The number of carbonyl (C=O) groups is 1. The van der Waals surface area contributed by atoms with Crippen molar-refractivity contribution in [3.05, 3.63) is 64.3 Å². The molecule has 0 bridgehead atoms. The molecule has 1 saturated carbocycles. The summed E-state index contributed by atoms with van der Waals surface area (Å²) in [5.41, 5.74) is 0.644. The van der Waals surface area contributed by atoms with Gasteiger partial charge in [-0.25, -0.2) is 0 Å². The van der Waals surface area contributed by atoms with Crippen LogP contribution >= 0.6 is 23.2 Å². The first-order valence-electron chi connectivity index (χ1n) is 10.8. The van der Waals surface area contributed by atoms with Gasteiger partial charge in [0.2, 0.25) is 0 Å². The SMILES string of the molecule is O=C(NC1CCC(NCC(O)COc2ccc(Cl)cc2)CC1)c1cc2cc(Cl)ccc2o1. The maximum Gasteiger partial charge on any atom is 0.287 e. The molecule has 1 aromatic heterocycles. The van der Waals surface area contributed by atoms with E-state index in [1.165, 1.54) is 0 Å². The number of furan rings is 1. The molecule has 0 aliphatic heterocycles. The molecule has 0 saturated heterocycles. The number of aliphatic hydroxyl groups excluding tert-OH is 1. The molecule has 3 aromatic rings. The largest absolute Gasteiger partial charge is 0.491 e. The summed E-state index contributed by atoms with van der Waals surface area (Å²) in [4.78, 5) is 12.6. The molecule has 0 radical (unpaired) electrons. The second-order valence-corrected chi connectivity index (χ2v) is 9.01. The predicted molar refractivity (Wildman–Crippen MR) is 126 cm³/mol. The van der Waals surface area contributed by atoms with Crippen LogP contribution in [-0.2, 0) is 0 Å². The van der Waals surface area contributed by atoms with Gasteiger partial charge in [0.25, 0.3) is 5.91 Å². The molecule has 2 aromatic carbocycles. The zero-order valence-corrected chi connectivity index (χ0v) is 19.0. The normalized spacial score (nSPS) is 19.6. The minimum atomic E-state index is -0.607. The number of halogens is 2. The van der Waals surface area contributed by atoms with Crippen LogP contribution < -0.4 is 15.4 Å². The Bertz CT molecular complexity index is 1050. The fraction of sp³-hybridized carbons (Fsp3) is 0.375. The summed E-state index contributed by atoms with van der Waals surface area (Å²) in [6, 6.07) is 14.5. The smallest absolute Gasteiger partial charge is 0.287 e. The molecule has 1 unspecified atom stereocenters. The first kappa shape index (κ1) is 22.9. The van der Waals surface area contributed by atoms with Crippen LogP contribution in [0.15, 0.2) is 52.9 Å². The van der Waals surface area contributed by atoms with Gasteiger partial charge in [-0.05, 0) is 74.2 Å². The first-order valence-corrected chi connectivity index (χ1v) is 11.5. The van der Waals surface area contributed by atoms with E-state index in [0.29, 0.717) is 39.7 Å². The Hall–Kier alpha value is -2.25. The highest BCUT2D eigenvalue weighted by molar-refractivity contribution is 6.31. The van der Waals surface area contributed by atoms with Crippen LogP contribution in [0.2, 0.25) is 10.0 Å². The van der Waals surface area contributed by atoms with Crippen LogP contribution in [0.3, 0.4) is 0 Å². The minimum Gasteiger partial charge on any atom is -0.491 e. The molecule has 0 spiro atoms. The van der Waals surface area contributed by atoms with Crippen molar-refractivity contribution in [1.82, 2.24) is 10.6 Å². The Balaban J connectivity index is 1.16. The molecule has 1 amide bonds. The highest BCUT2D eigenvalue weighted by atomic mass is 35.5. The third-order valence-electron chi connectivity index (χ3n) is 5.66. The Kier molecular flexibility index (Phi) is 7.58. The van der Waals surface area contributed by atoms with Crippen molar-refractivity contribution in [2.75, 3.05) is 13.2 Å². The highest BCUT2D eigenvalue weighted by Crippen LogP contribution is 2.24. The van der Waals surface area contributed by atoms with E-state index in [0.717, 1.165) is 31.1 Å². The molecule has 1 heterocycles. The van der Waals surface area contributed by atoms with Gasteiger partial charge in [0.1, 0.15) is 24.0 Å². The van der Waals surface area contributed by atoms with Gasteiger partial charge in [0.05, 0.1) is 0 Å². The van der Waals surface area contributed by atoms with Crippen LogP contribution in [0.1, 0.15) is 36.2 Å². The Morgan fingerprint density at radius 2 is 1.72 bits per heavy atom. The number of amides is 1. The lowest BCUT2D eigenvalue weighted by atomic mass is 9.91. The lowest BCUT2D eigenvalue weighted by Crippen LogP contribution is -2.44. The summed E-state index contributed by atoms with van der Waals surface area (Å²) in [5.74, 6) is 0.770. The number of benzene rings is 2. The Labute approximate surface area is 196 Å². The summed E-state index contributed by atoms with van der Waals surface area (Å²) in [6.07, 6.45) is 2.97. The lowest BCUT2D eigenvalue weighted by molar-refractivity contribution is 0.0891. The maximum atomic E-state index is 12.6. The van der Waals surface area contributed by atoms with E-state index < -0.39 is 6.10 Å². The first-order chi connectivity index (χ1) is 15.5. The molecule has 4 rings (SSSR count). The average molecular weight is 477 g/mol. The van der Waals surface area contributed by atoms with Crippen molar-refractivity contribution in [3.63, 3.8) is 0 Å². The molecule has 32 heavy (non-hydrogen) atoms. The molecule has 1 fully saturated rings. The summed E-state index contributed by atoms with van der Waals surface area (Å²) < 4.78 is 11.2. The van der Waals surface area contributed by atoms with Gasteiger partial charge < -0.3 is 24.9 Å². The van der Waals surface area contributed by atoms with E-state index in [1.807, 2.05) is 0 Å². The number of aliphatic hydroxyl groups is 1. The topological polar surface area (TPSA) is 83.7 Å². The average Bonchev–Trinajstić information content (AvgIpc) is 3.21. The number of carbonyl (C=O) groups excluding carboxylic acids is 1. The van der Waals surface area contributed by atoms with E-state index in [4.69, 9.17) is 32.4 Å². The van der Waals surface area contributed by atoms with Crippen LogP contribution in [0, 0.1) is 0 Å². The van der Waals surface area contributed by atoms with E-state index in [1.54, 1.807) is 48.5 Å². The Morgan fingerprint density at radius 1 is 1.03 bits per heavy atom. The van der Waals surface area contributed by atoms with Crippen LogP contribution in [-0.4, -0.2) is 42.4 Å². The number of fused-ring (bicyclic) bond motifs is 1. The van der Waals surface area contributed by atoms with Crippen molar-refractivity contribution in [2.45, 2.75) is 43.9 Å². The second kappa shape index (κ2) is 10.6. The number of rotatable bonds is 8. The summed E-state index contributed by atoms with van der Waals surface area (Å²) >= 11 is 11.9. The summed E-state index contributed by atoms with van der Waals surface area (Å²) in [6.45, 7) is 0.666. The van der Waals surface area contributed by atoms with E-state index in [-0.39, 0.29) is 18.6 Å². The van der Waals surface area contributed by atoms with Crippen molar-refractivity contribution in [3.8, 4) is 5.75 Å². The predicted octanol–water partition coefficient (Wildman–Crippen LogP) is 4.81.